The molecule has 3 rings (SSSR count). The van der Waals surface area contributed by atoms with Gasteiger partial charge in [0.15, 0.2) is 5.16 Å². The van der Waals surface area contributed by atoms with Gasteiger partial charge >= 0.3 is 0 Å². The van der Waals surface area contributed by atoms with Crippen molar-refractivity contribution < 1.29 is 0 Å². The van der Waals surface area contributed by atoms with Crippen LogP contribution in [-0.2, 0) is 7.05 Å². The van der Waals surface area contributed by atoms with E-state index in [2.05, 4.69) is 37.9 Å². The molecule has 0 saturated carbocycles. The van der Waals surface area contributed by atoms with Gasteiger partial charge in [-0.15, -0.1) is 0 Å². The minimum atomic E-state index is 0.486. The molecule has 0 spiro atoms. The highest BCUT2D eigenvalue weighted by atomic mass is 79.9. The summed E-state index contributed by atoms with van der Waals surface area (Å²) in [7, 11) is 1.89. The summed E-state index contributed by atoms with van der Waals surface area (Å²) in [6, 6.07) is 0. The fourth-order valence-corrected chi connectivity index (χ4v) is 3.60. The number of hydrogen-bond donors (Lipinski definition) is 0. The molecule has 0 atom stereocenters. The van der Waals surface area contributed by atoms with Crippen LogP contribution in [0.4, 0.5) is 0 Å². The molecule has 0 fully saturated rings. The van der Waals surface area contributed by atoms with Crippen molar-refractivity contribution in [3.63, 3.8) is 0 Å². The van der Waals surface area contributed by atoms with Crippen LogP contribution in [0, 0.1) is 6.92 Å². The predicted octanol–water partition coefficient (Wildman–Crippen LogP) is 4.35. The number of halogens is 2. The van der Waals surface area contributed by atoms with Gasteiger partial charge in [0, 0.05) is 24.0 Å². The van der Waals surface area contributed by atoms with Crippen LogP contribution in [0.2, 0.25) is 5.15 Å². The van der Waals surface area contributed by atoms with E-state index < -0.39 is 0 Å². The van der Waals surface area contributed by atoms with Gasteiger partial charge in [0.2, 0.25) is 0 Å². The van der Waals surface area contributed by atoms with Gasteiger partial charge in [-0.1, -0.05) is 30.3 Å². The highest BCUT2D eigenvalue weighted by molar-refractivity contribution is 9.10. The third-order valence-corrected chi connectivity index (χ3v) is 5.08. The van der Waals surface area contributed by atoms with Crippen molar-refractivity contribution in [2.24, 2.45) is 7.05 Å². The van der Waals surface area contributed by atoms with Gasteiger partial charge in [0.05, 0.1) is 9.99 Å². The zero-order chi connectivity index (χ0) is 14.4. The zero-order valence-electron chi connectivity index (χ0n) is 11.2. The summed E-state index contributed by atoms with van der Waals surface area (Å²) in [4.78, 5) is 9.03. The molecule has 0 unspecified atom stereocenters. The lowest BCUT2D eigenvalue weighted by molar-refractivity contribution is 0.779. The fraction of sp³-hybridized carbons (Fsp3) is 0.308. The number of nitrogens with zero attached hydrogens (tertiary/aromatic N) is 4. The fourth-order valence-electron chi connectivity index (χ4n) is 2.23. The smallest absolute Gasteiger partial charge is 0.189 e. The van der Waals surface area contributed by atoms with Crippen molar-refractivity contribution in [2.75, 3.05) is 5.75 Å². The molecule has 3 aromatic rings. The summed E-state index contributed by atoms with van der Waals surface area (Å²) in [5, 5.41) is 7.51. The van der Waals surface area contributed by atoms with E-state index in [4.69, 9.17) is 11.6 Å². The summed E-state index contributed by atoms with van der Waals surface area (Å²) >= 11 is 11.6. The second kappa shape index (κ2) is 5.16. The topological polar surface area (TPSA) is 43.6 Å². The Labute approximate surface area is 134 Å². The number of aryl methyl sites for hydroxylation is 2. The lowest BCUT2D eigenvalue weighted by atomic mass is 10.1. The molecule has 0 radical (unpaired) electrons. The van der Waals surface area contributed by atoms with Gasteiger partial charge in [-0.3, -0.25) is 4.68 Å². The number of fused-ring (bicyclic) bond motifs is 3. The Morgan fingerprint density at radius 3 is 2.80 bits per heavy atom. The molecule has 0 N–H and O–H groups in total. The number of thioether (sulfide) groups is 1. The lowest BCUT2D eigenvalue weighted by Crippen LogP contribution is -1.94. The van der Waals surface area contributed by atoms with Crippen LogP contribution in [0.5, 0.6) is 0 Å². The molecule has 0 bridgehead atoms. The molecule has 20 heavy (non-hydrogen) atoms. The normalized spacial score (nSPS) is 11.7. The van der Waals surface area contributed by atoms with Crippen LogP contribution in [0.15, 0.2) is 15.8 Å². The largest absolute Gasteiger partial charge is 0.275 e. The summed E-state index contributed by atoms with van der Waals surface area (Å²) in [6.07, 6.45) is 1.95. The van der Waals surface area contributed by atoms with Gasteiger partial charge in [0.1, 0.15) is 10.7 Å². The molecule has 7 heteroatoms. The Morgan fingerprint density at radius 1 is 1.35 bits per heavy atom. The minimum Gasteiger partial charge on any atom is -0.275 e. The Morgan fingerprint density at radius 2 is 2.10 bits per heavy atom. The standard InChI is InChI=1S/C13H12BrClN4S/c1-4-20-13-16-10-6(2)9(14)11-7(5-19(3)18-11)8(10)12(15)17-13/h5H,4H2,1-3H3. The van der Waals surface area contributed by atoms with Gasteiger partial charge < -0.3 is 0 Å². The van der Waals surface area contributed by atoms with E-state index in [9.17, 15) is 0 Å². The SMILES string of the molecule is CCSc1nc(Cl)c2c(n1)c(C)c(Br)c1nn(C)cc12. The second-order valence-electron chi connectivity index (χ2n) is 4.46. The van der Waals surface area contributed by atoms with Crippen LogP contribution >= 0.6 is 39.3 Å². The second-order valence-corrected chi connectivity index (χ2v) is 6.84. The summed E-state index contributed by atoms with van der Waals surface area (Å²) < 4.78 is 2.74. The van der Waals surface area contributed by atoms with Gasteiger partial charge in [-0.2, -0.15) is 5.10 Å². The predicted molar refractivity (Wildman–Crippen MR) is 87.7 cm³/mol. The number of hydrogen-bond acceptors (Lipinski definition) is 4. The van der Waals surface area contributed by atoms with Crippen LogP contribution in [0.25, 0.3) is 21.8 Å². The van der Waals surface area contributed by atoms with E-state index in [1.165, 1.54) is 0 Å². The summed E-state index contributed by atoms with van der Waals surface area (Å²) in [6.45, 7) is 4.09. The zero-order valence-corrected chi connectivity index (χ0v) is 14.4. The summed E-state index contributed by atoms with van der Waals surface area (Å²) in [5.74, 6) is 0.914. The molecule has 2 heterocycles. The molecular weight excluding hydrogens is 360 g/mol. The quantitative estimate of drug-likeness (QED) is 0.381. The van der Waals surface area contributed by atoms with Crippen molar-refractivity contribution in [1.29, 1.82) is 0 Å². The molecule has 0 aliphatic carbocycles. The summed E-state index contributed by atoms with van der Waals surface area (Å²) in [5.41, 5.74) is 2.81. The van der Waals surface area contributed by atoms with Crippen LogP contribution in [-0.4, -0.2) is 25.5 Å². The molecule has 1 aromatic carbocycles. The first-order valence-corrected chi connectivity index (χ1v) is 8.30. The highest BCUT2D eigenvalue weighted by Crippen LogP contribution is 2.37. The van der Waals surface area contributed by atoms with Crippen molar-refractivity contribution in [3.8, 4) is 0 Å². The van der Waals surface area contributed by atoms with Gasteiger partial charge in [-0.25, -0.2) is 9.97 Å². The van der Waals surface area contributed by atoms with Crippen molar-refractivity contribution in [3.05, 3.63) is 21.4 Å². The molecule has 0 aliphatic heterocycles. The molecule has 0 amide bonds. The van der Waals surface area contributed by atoms with Crippen molar-refractivity contribution in [2.45, 2.75) is 19.0 Å². The molecular formula is C13H12BrClN4S. The number of aromatic nitrogens is 4. The molecule has 0 saturated heterocycles. The Hall–Kier alpha value is -0.850. The van der Waals surface area contributed by atoms with Gasteiger partial charge in [-0.05, 0) is 34.2 Å². The van der Waals surface area contributed by atoms with Gasteiger partial charge in [0.25, 0.3) is 0 Å². The maximum absolute atomic E-state index is 6.39. The Kier molecular flexibility index (Phi) is 3.64. The Bertz CT molecular complexity index is 830. The van der Waals surface area contributed by atoms with E-state index in [0.29, 0.717) is 10.3 Å². The van der Waals surface area contributed by atoms with E-state index in [-0.39, 0.29) is 0 Å². The molecule has 104 valence electrons. The highest BCUT2D eigenvalue weighted by Gasteiger charge is 2.18. The number of rotatable bonds is 2. The van der Waals surface area contributed by atoms with E-state index in [1.54, 1.807) is 16.4 Å². The monoisotopic (exact) mass is 370 g/mol. The van der Waals surface area contributed by atoms with Crippen molar-refractivity contribution >= 4 is 61.1 Å². The first kappa shape index (κ1) is 14.1. The van der Waals surface area contributed by atoms with Crippen molar-refractivity contribution in [1.82, 2.24) is 19.7 Å². The lowest BCUT2D eigenvalue weighted by Gasteiger charge is -2.08. The van der Waals surface area contributed by atoms with Crippen LogP contribution in [0.1, 0.15) is 12.5 Å². The Balaban J connectivity index is 2.50. The van der Waals surface area contributed by atoms with E-state index >= 15 is 0 Å². The minimum absolute atomic E-state index is 0.486. The number of benzene rings is 1. The van der Waals surface area contributed by atoms with Crippen LogP contribution < -0.4 is 0 Å². The third kappa shape index (κ3) is 2.10. The van der Waals surface area contributed by atoms with E-state index in [0.717, 1.165) is 37.6 Å². The molecule has 2 aromatic heterocycles. The van der Waals surface area contributed by atoms with Crippen LogP contribution in [0.3, 0.4) is 0 Å². The molecule has 4 nitrogen and oxygen atoms in total. The molecule has 0 aliphatic rings. The van der Waals surface area contributed by atoms with E-state index in [1.807, 2.05) is 20.2 Å². The third-order valence-electron chi connectivity index (χ3n) is 3.11. The first-order chi connectivity index (χ1) is 9.52. The average Bonchev–Trinajstić information content (AvgIpc) is 2.77. The average molecular weight is 372 g/mol. The maximum Gasteiger partial charge on any atom is 0.189 e. The first-order valence-electron chi connectivity index (χ1n) is 6.14. The maximum atomic E-state index is 6.39.